The van der Waals surface area contributed by atoms with Crippen molar-refractivity contribution in [2.45, 2.75) is 66.1 Å². The number of aromatic hydroxyl groups is 1. The molecule has 6 heteroatoms. The van der Waals surface area contributed by atoms with Gasteiger partial charge in [-0.3, -0.25) is 4.90 Å². The first-order valence-corrected chi connectivity index (χ1v) is 14.1. The van der Waals surface area contributed by atoms with Gasteiger partial charge in [-0.05, 0) is 68.3 Å². The molecule has 0 aliphatic carbocycles. The molecule has 0 saturated heterocycles. The lowest BCUT2D eigenvalue weighted by Crippen LogP contribution is -2.26. The maximum absolute atomic E-state index is 13.9. The second-order valence-corrected chi connectivity index (χ2v) is 9.91. The van der Waals surface area contributed by atoms with Gasteiger partial charge in [0.25, 0.3) is 0 Å². The maximum Gasteiger partial charge on any atom is 0.161 e. The van der Waals surface area contributed by atoms with Crippen molar-refractivity contribution in [1.29, 1.82) is 0 Å². The quantitative estimate of drug-likeness (QED) is 0.179. The predicted octanol–water partition coefficient (Wildman–Crippen LogP) is 8.06. The molecular formula is C33H40FN3O2. The molecule has 0 aliphatic heterocycles. The zero-order valence-electron chi connectivity index (χ0n) is 23.4. The van der Waals surface area contributed by atoms with Gasteiger partial charge in [0.05, 0.1) is 18.0 Å². The molecule has 0 fully saturated rings. The number of nitrogens with zero attached hydrogens (tertiary/aromatic N) is 3. The highest BCUT2D eigenvalue weighted by atomic mass is 19.1. The molecule has 0 bridgehead atoms. The number of phenols is 1. The smallest absolute Gasteiger partial charge is 0.161 e. The summed E-state index contributed by atoms with van der Waals surface area (Å²) in [5, 5.41) is 10.2. The summed E-state index contributed by atoms with van der Waals surface area (Å²) in [6.07, 6.45) is 4.27. The van der Waals surface area contributed by atoms with Crippen molar-refractivity contribution >= 4 is 0 Å². The molecule has 0 amide bonds. The monoisotopic (exact) mass is 529 g/mol. The Kier molecular flexibility index (Phi) is 10.1. The highest BCUT2D eigenvalue weighted by Crippen LogP contribution is 2.32. The van der Waals surface area contributed by atoms with Crippen molar-refractivity contribution < 1.29 is 14.2 Å². The molecule has 0 radical (unpaired) electrons. The molecule has 0 atom stereocenters. The van der Waals surface area contributed by atoms with E-state index in [0.717, 1.165) is 72.7 Å². The number of imidazole rings is 1. The molecule has 5 nitrogen and oxygen atoms in total. The lowest BCUT2D eigenvalue weighted by atomic mass is 10.1. The van der Waals surface area contributed by atoms with Crippen molar-refractivity contribution in [1.82, 2.24) is 14.5 Å². The molecule has 0 aliphatic rings. The fourth-order valence-corrected chi connectivity index (χ4v) is 4.84. The third-order valence-corrected chi connectivity index (χ3v) is 6.89. The molecular weight excluding hydrogens is 489 g/mol. The molecule has 0 unspecified atom stereocenters. The number of aromatic nitrogens is 2. The summed E-state index contributed by atoms with van der Waals surface area (Å²) >= 11 is 0. The Labute approximate surface area is 231 Å². The summed E-state index contributed by atoms with van der Waals surface area (Å²) in [5.41, 5.74) is 5.10. The van der Waals surface area contributed by atoms with Crippen molar-refractivity contribution in [3.8, 4) is 34.1 Å². The van der Waals surface area contributed by atoms with E-state index in [1.54, 1.807) is 6.07 Å². The molecule has 1 aromatic heterocycles. The van der Waals surface area contributed by atoms with Gasteiger partial charge in [0.2, 0.25) is 0 Å². The molecule has 206 valence electrons. The Morgan fingerprint density at radius 3 is 2.31 bits per heavy atom. The van der Waals surface area contributed by atoms with Crippen LogP contribution >= 0.6 is 0 Å². The van der Waals surface area contributed by atoms with Gasteiger partial charge in [0, 0.05) is 30.8 Å². The number of rotatable bonds is 14. The number of benzene rings is 3. The zero-order valence-corrected chi connectivity index (χ0v) is 23.4. The maximum atomic E-state index is 13.9. The fraction of sp³-hybridized carbons (Fsp3) is 0.364. The Morgan fingerprint density at radius 2 is 1.62 bits per heavy atom. The summed E-state index contributed by atoms with van der Waals surface area (Å²) < 4.78 is 21.9. The van der Waals surface area contributed by atoms with Crippen molar-refractivity contribution in [3.05, 3.63) is 89.9 Å². The summed E-state index contributed by atoms with van der Waals surface area (Å²) in [4.78, 5) is 7.62. The standard InChI is InChI=1S/C33H40FN3O2/c1-4-7-20-36(23-25-14-19-30(38)31(22-25)39-6-3)24-29-32(26-15-17-28(34)18-16-26)35-33(37(29)21-8-5-2)27-12-10-9-11-13-27/h9-19,22,38H,4-8,20-21,23-24H2,1-3H3. The van der Waals surface area contributed by atoms with Crippen LogP contribution in [0, 0.1) is 5.82 Å². The van der Waals surface area contributed by atoms with Crippen molar-refractivity contribution in [2.75, 3.05) is 13.2 Å². The van der Waals surface area contributed by atoms with Gasteiger partial charge < -0.3 is 14.4 Å². The van der Waals surface area contributed by atoms with E-state index in [0.29, 0.717) is 25.4 Å². The minimum absolute atomic E-state index is 0.157. The molecule has 1 heterocycles. The summed E-state index contributed by atoms with van der Waals surface area (Å²) in [5.74, 6) is 1.36. The molecule has 4 aromatic rings. The summed E-state index contributed by atoms with van der Waals surface area (Å²) in [7, 11) is 0. The van der Waals surface area contributed by atoms with Crippen LogP contribution in [0.25, 0.3) is 22.6 Å². The van der Waals surface area contributed by atoms with Crippen LogP contribution in [0.1, 0.15) is 57.7 Å². The first-order chi connectivity index (χ1) is 19.0. The van der Waals surface area contributed by atoms with Gasteiger partial charge in [-0.1, -0.05) is 63.1 Å². The molecule has 1 N–H and O–H groups in total. The van der Waals surface area contributed by atoms with Crippen molar-refractivity contribution in [3.63, 3.8) is 0 Å². The lowest BCUT2D eigenvalue weighted by Gasteiger charge is -2.24. The minimum atomic E-state index is -0.254. The molecule has 39 heavy (non-hydrogen) atoms. The number of hydrogen-bond acceptors (Lipinski definition) is 4. The van der Waals surface area contributed by atoms with Crippen LogP contribution in [-0.4, -0.2) is 32.7 Å². The minimum Gasteiger partial charge on any atom is -0.504 e. The van der Waals surface area contributed by atoms with E-state index in [-0.39, 0.29) is 11.6 Å². The first kappa shape index (κ1) is 28.4. The van der Waals surface area contributed by atoms with Crippen LogP contribution in [0.3, 0.4) is 0 Å². The fourth-order valence-electron chi connectivity index (χ4n) is 4.84. The Balaban J connectivity index is 1.79. The second-order valence-electron chi connectivity index (χ2n) is 9.91. The van der Waals surface area contributed by atoms with E-state index in [9.17, 15) is 9.50 Å². The Hall–Kier alpha value is -3.64. The van der Waals surface area contributed by atoms with Crippen LogP contribution in [0.4, 0.5) is 4.39 Å². The number of unbranched alkanes of at least 4 members (excludes halogenated alkanes) is 2. The summed E-state index contributed by atoms with van der Waals surface area (Å²) in [6, 6.07) is 22.6. The van der Waals surface area contributed by atoms with Gasteiger partial charge in [-0.2, -0.15) is 0 Å². The van der Waals surface area contributed by atoms with Crippen LogP contribution < -0.4 is 4.74 Å². The predicted molar refractivity (Wildman–Crippen MR) is 156 cm³/mol. The third-order valence-electron chi connectivity index (χ3n) is 6.89. The number of hydrogen-bond donors (Lipinski definition) is 1. The van der Waals surface area contributed by atoms with E-state index < -0.39 is 0 Å². The largest absolute Gasteiger partial charge is 0.504 e. The van der Waals surface area contributed by atoms with E-state index in [2.05, 4.69) is 35.4 Å². The topological polar surface area (TPSA) is 50.5 Å². The van der Waals surface area contributed by atoms with E-state index in [4.69, 9.17) is 9.72 Å². The second kappa shape index (κ2) is 13.9. The van der Waals surface area contributed by atoms with E-state index in [1.165, 1.54) is 12.1 Å². The lowest BCUT2D eigenvalue weighted by molar-refractivity contribution is 0.245. The van der Waals surface area contributed by atoms with Crippen molar-refractivity contribution in [2.24, 2.45) is 0 Å². The summed E-state index contributed by atoms with van der Waals surface area (Å²) in [6.45, 7) is 10.0. The van der Waals surface area contributed by atoms with Gasteiger partial charge in [0.1, 0.15) is 11.6 Å². The molecule has 0 spiro atoms. The highest BCUT2D eigenvalue weighted by molar-refractivity contribution is 5.68. The van der Waals surface area contributed by atoms with E-state index in [1.807, 2.05) is 49.4 Å². The SMILES string of the molecule is CCCCN(Cc1ccc(O)c(OCC)c1)Cc1c(-c2ccc(F)cc2)nc(-c2ccccc2)n1CCCC. The Bertz CT molecular complexity index is 1320. The average Bonchev–Trinajstić information content (AvgIpc) is 3.31. The first-order valence-electron chi connectivity index (χ1n) is 14.1. The average molecular weight is 530 g/mol. The van der Waals surface area contributed by atoms with E-state index >= 15 is 0 Å². The van der Waals surface area contributed by atoms with Crippen LogP contribution in [-0.2, 0) is 19.6 Å². The third kappa shape index (κ3) is 7.27. The highest BCUT2D eigenvalue weighted by Gasteiger charge is 2.22. The number of halogens is 1. The molecule has 0 saturated carbocycles. The van der Waals surface area contributed by atoms with Crippen LogP contribution in [0.15, 0.2) is 72.8 Å². The molecule has 3 aromatic carbocycles. The Morgan fingerprint density at radius 1 is 0.872 bits per heavy atom. The van der Waals surface area contributed by atoms with Crippen LogP contribution in [0.2, 0.25) is 0 Å². The van der Waals surface area contributed by atoms with Gasteiger partial charge in [-0.15, -0.1) is 0 Å². The zero-order chi connectivity index (χ0) is 27.6. The van der Waals surface area contributed by atoms with Gasteiger partial charge >= 0.3 is 0 Å². The molecule has 4 rings (SSSR count). The van der Waals surface area contributed by atoms with Gasteiger partial charge in [0.15, 0.2) is 11.5 Å². The van der Waals surface area contributed by atoms with Gasteiger partial charge in [-0.25, -0.2) is 9.37 Å². The number of ether oxygens (including phenoxy) is 1. The van der Waals surface area contributed by atoms with Crippen LogP contribution in [0.5, 0.6) is 11.5 Å². The number of phenolic OH excluding ortho intramolecular Hbond substituents is 1. The normalized spacial score (nSPS) is 11.3.